The van der Waals surface area contributed by atoms with Gasteiger partial charge in [0.25, 0.3) is 0 Å². The normalized spacial score (nSPS) is 20.6. The van der Waals surface area contributed by atoms with E-state index in [-0.39, 0.29) is 25.6 Å². The lowest BCUT2D eigenvalue weighted by Gasteiger charge is -2.42. The van der Waals surface area contributed by atoms with Crippen molar-refractivity contribution >= 4 is 17.6 Å². The van der Waals surface area contributed by atoms with E-state index in [9.17, 15) is 14.1 Å². The zero-order valence-electron chi connectivity index (χ0n) is 10.8. The minimum atomic E-state index is -1.32. The molecule has 1 aliphatic rings. The molecular weight excluding hydrogens is 281 g/mol. The topological polar surface area (TPSA) is 80.2 Å². The van der Waals surface area contributed by atoms with Crippen LogP contribution in [0.4, 0.5) is 9.18 Å². The van der Waals surface area contributed by atoms with Gasteiger partial charge in [0.15, 0.2) is 5.79 Å². The number of hydrogen-bond donors (Lipinski definition) is 1. The zero-order valence-corrected chi connectivity index (χ0v) is 11.6. The average Bonchev–Trinajstić information content (AvgIpc) is 2.38. The largest absolute Gasteiger partial charge is 0.348 e. The predicted molar refractivity (Wildman–Crippen MR) is 66.4 cm³/mol. The van der Waals surface area contributed by atoms with Crippen molar-refractivity contribution in [2.75, 3.05) is 32.3 Å². The average molecular weight is 298 g/mol. The third-order valence-electron chi connectivity index (χ3n) is 2.65. The highest BCUT2D eigenvalue weighted by atomic mass is 35.5. The Balaban J connectivity index is 2.66. The van der Waals surface area contributed by atoms with Gasteiger partial charge in [-0.1, -0.05) is 0 Å². The summed E-state index contributed by atoms with van der Waals surface area (Å²) in [6, 6.07) is -0.833. The molecule has 0 unspecified atom stereocenters. The number of amides is 2. The van der Waals surface area contributed by atoms with Crippen molar-refractivity contribution in [1.29, 1.82) is 0 Å². The summed E-state index contributed by atoms with van der Waals surface area (Å²) < 4.78 is 23.8. The minimum Gasteiger partial charge on any atom is -0.348 e. The molecule has 0 radical (unpaired) electrons. The van der Waals surface area contributed by atoms with Gasteiger partial charge < -0.3 is 14.8 Å². The molecule has 2 amide bonds. The second kappa shape index (κ2) is 6.44. The Hall–Kier alpha value is -0.990. The maximum atomic E-state index is 13.2. The Morgan fingerprint density at radius 2 is 2.05 bits per heavy atom. The fourth-order valence-corrected chi connectivity index (χ4v) is 1.60. The van der Waals surface area contributed by atoms with Gasteiger partial charge in [-0.25, -0.2) is 9.18 Å². The highest BCUT2D eigenvalue weighted by molar-refractivity contribution is 6.18. The third kappa shape index (κ3) is 4.26. The van der Waals surface area contributed by atoms with Gasteiger partial charge in [0.05, 0.1) is 25.0 Å². The number of nitrogens with one attached hydrogen (secondary N) is 1. The van der Waals surface area contributed by atoms with Crippen LogP contribution in [-0.2, 0) is 9.47 Å². The molecule has 7 nitrogen and oxygen atoms in total. The van der Waals surface area contributed by atoms with Crippen LogP contribution in [0.5, 0.6) is 0 Å². The molecule has 0 spiro atoms. The molecule has 1 fully saturated rings. The molecule has 0 saturated carbocycles. The molecule has 0 atom stereocenters. The summed E-state index contributed by atoms with van der Waals surface area (Å²) >= 11 is 5.42. The van der Waals surface area contributed by atoms with Gasteiger partial charge in [-0.3, -0.25) is 0 Å². The van der Waals surface area contributed by atoms with Crippen LogP contribution in [0.25, 0.3) is 0 Å². The van der Waals surface area contributed by atoms with E-state index in [1.165, 1.54) is 0 Å². The van der Waals surface area contributed by atoms with Crippen molar-refractivity contribution < 1.29 is 18.7 Å². The van der Waals surface area contributed by atoms with Crippen LogP contribution >= 0.6 is 11.6 Å². The van der Waals surface area contributed by atoms with E-state index in [0.29, 0.717) is 5.01 Å². The van der Waals surface area contributed by atoms with Crippen molar-refractivity contribution in [3.8, 4) is 0 Å². The number of nitrogens with zero attached hydrogens (tertiary/aromatic N) is 2. The second-order valence-corrected chi connectivity index (χ2v) is 5.09. The smallest absolute Gasteiger partial charge is 0.341 e. The highest BCUT2D eigenvalue weighted by Gasteiger charge is 2.42. The number of ether oxygens (including phenoxy) is 2. The van der Waals surface area contributed by atoms with Crippen molar-refractivity contribution in [1.82, 2.24) is 10.3 Å². The Bertz CT molecular complexity index is 333. The first kappa shape index (κ1) is 16.1. The number of nitroso groups, excluding NO2 is 1. The molecule has 1 N–H and O–H groups in total. The van der Waals surface area contributed by atoms with Crippen LogP contribution in [-0.4, -0.2) is 54.7 Å². The monoisotopic (exact) mass is 297 g/mol. The van der Waals surface area contributed by atoms with E-state index < -0.39 is 24.0 Å². The van der Waals surface area contributed by atoms with Gasteiger partial charge >= 0.3 is 6.03 Å². The van der Waals surface area contributed by atoms with Gasteiger partial charge in [-0.2, -0.15) is 5.01 Å². The number of hydrogen-bond acceptors (Lipinski definition) is 5. The molecule has 1 aliphatic heterocycles. The summed E-state index contributed by atoms with van der Waals surface area (Å²) in [5.74, 6) is -0.788. The summed E-state index contributed by atoms with van der Waals surface area (Å²) in [6.07, 6.45) is 0. The fraction of sp³-hybridized carbons (Fsp3) is 0.900. The zero-order chi connectivity index (χ0) is 14.5. The van der Waals surface area contributed by atoms with E-state index >= 15 is 0 Å². The molecule has 0 aromatic carbocycles. The molecule has 1 saturated heterocycles. The Morgan fingerprint density at radius 3 is 2.47 bits per heavy atom. The number of urea groups is 1. The van der Waals surface area contributed by atoms with Gasteiger partial charge in [-0.15, -0.1) is 16.5 Å². The maximum Gasteiger partial charge on any atom is 0.341 e. The lowest BCUT2D eigenvalue weighted by Crippen LogP contribution is -2.64. The number of halogens is 2. The lowest BCUT2D eigenvalue weighted by atomic mass is 10.0. The summed E-state index contributed by atoms with van der Waals surface area (Å²) in [7, 11) is 0. The minimum absolute atomic E-state index is 0.0435. The Morgan fingerprint density at radius 1 is 1.47 bits per heavy atom. The second-order valence-electron chi connectivity index (χ2n) is 4.72. The van der Waals surface area contributed by atoms with E-state index in [4.69, 9.17) is 21.1 Å². The first-order chi connectivity index (χ1) is 8.88. The number of carbonyl (C=O) groups is 1. The van der Waals surface area contributed by atoms with Crippen LogP contribution in [0.3, 0.4) is 0 Å². The van der Waals surface area contributed by atoms with E-state index in [1.54, 1.807) is 13.8 Å². The summed E-state index contributed by atoms with van der Waals surface area (Å²) in [6.45, 7) is 2.30. The molecule has 1 heterocycles. The molecule has 0 aliphatic carbocycles. The fourth-order valence-electron chi connectivity index (χ4n) is 1.44. The number of alkyl halides is 2. The molecule has 19 heavy (non-hydrogen) atoms. The molecule has 9 heteroatoms. The van der Waals surface area contributed by atoms with Crippen LogP contribution in [0.15, 0.2) is 5.29 Å². The van der Waals surface area contributed by atoms with Crippen molar-refractivity contribution in [3.63, 3.8) is 0 Å². The molecule has 0 aromatic rings. The molecule has 110 valence electrons. The Kier molecular flexibility index (Phi) is 5.45. The lowest BCUT2D eigenvalue weighted by molar-refractivity contribution is -0.271. The first-order valence-electron chi connectivity index (χ1n) is 5.71. The molecule has 0 aromatic heterocycles. The number of carbonyl (C=O) groups excluding carboxylic acids is 1. The van der Waals surface area contributed by atoms with E-state index in [1.807, 2.05) is 0 Å². The highest BCUT2D eigenvalue weighted by Crippen LogP contribution is 2.24. The quantitative estimate of drug-likeness (QED) is 0.473. The van der Waals surface area contributed by atoms with E-state index in [0.717, 1.165) is 0 Å². The first-order valence-corrected chi connectivity index (χ1v) is 6.24. The predicted octanol–water partition coefficient (Wildman–Crippen LogP) is 1.41. The van der Waals surface area contributed by atoms with Crippen LogP contribution in [0, 0.1) is 4.91 Å². The summed E-state index contributed by atoms with van der Waals surface area (Å²) in [5, 5.41) is 5.47. The summed E-state index contributed by atoms with van der Waals surface area (Å²) in [4.78, 5) is 22.2. The Labute approximate surface area is 115 Å². The van der Waals surface area contributed by atoms with Gasteiger partial charge in [0.2, 0.25) is 0 Å². The van der Waals surface area contributed by atoms with Crippen molar-refractivity contribution in [2.45, 2.75) is 25.2 Å². The standard InChI is InChI=1S/C10H17ClFN3O4/c1-9(2)18-6-10(5-12,7-19-9)13-8(16)15(14-17)4-3-11/h3-7H2,1-2H3,(H,13,16). The SMILES string of the molecule is CC1(C)OCC(CF)(NC(=O)N(CCCl)N=O)CO1. The molecule has 1 rings (SSSR count). The van der Waals surface area contributed by atoms with Crippen LogP contribution < -0.4 is 5.32 Å². The van der Waals surface area contributed by atoms with Gasteiger partial charge in [0, 0.05) is 5.88 Å². The molecular formula is C10H17ClFN3O4. The van der Waals surface area contributed by atoms with Crippen molar-refractivity contribution in [3.05, 3.63) is 4.91 Å². The van der Waals surface area contributed by atoms with Crippen LogP contribution in [0.1, 0.15) is 13.8 Å². The number of rotatable bonds is 5. The maximum absolute atomic E-state index is 13.2. The van der Waals surface area contributed by atoms with Crippen molar-refractivity contribution in [2.24, 2.45) is 5.29 Å². The summed E-state index contributed by atoms with van der Waals surface area (Å²) in [5.41, 5.74) is -1.32. The van der Waals surface area contributed by atoms with E-state index in [2.05, 4.69) is 10.6 Å². The van der Waals surface area contributed by atoms with Crippen LogP contribution in [0.2, 0.25) is 0 Å². The molecule has 0 bridgehead atoms. The van der Waals surface area contributed by atoms with Gasteiger partial charge in [-0.05, 0) is 13.8 Å². The van der Waals surface area contributed by atoms with Gasteiger partial charge in [0.1, 0.15) is 12.2 Å². The third-order valence-corrected chi connectivity index (χ3v) is 2.82.